The molecule has 2 aromatic rings. The number of nitrogens with one attached hydrogen (secondary N) is 1. The van der Waals surface area contributed by atoms with Gasteiger partial charge in [0.25, 0.3) is 0 Å². The fourth-order valence-corrected chi connectivity index (χ4v) is 5.77. The van der Waals surface area contributed by atoms with E-state index in [1.54, 1.807) is 7.11 Å². The summed E-state index contributed by atoms with van der Waals surface area (Å²) < 4.78 is 10.7. The third-order valence-electron chi connectivity index (χ3n) is 7.50. The molecule has 2 aromatic carbocycles. The standard InChI is InChI=1S/C26H31NO3/c1-29-24-5-3-2-4-19(24)8-6-18-7-9-21-15-22(11-10-20(21)14-18)23-12-13-26(16-23)17-30-25(28)27-26/h2-5,10-11,15,18,23H,6-9,12-14,16-17H2,1H3,(H,27,28)/t18?,23-,26+/m0/s1. The van der Waals surface area contributed by atoms with Crippen LogP contribution in [0, 0.1) is 5.92 Å². The number of hydrogen-bond donors (Lipinski definition) is 1. The molecular formula is C26H31NO3. The van der Waals surface area contributed by atoms with Crippen LogP contribution in [0.4, 0.5) is 4.79 Å². The molecule has 0 bridgehead atoms. The number of aryl methyl sites for hydroxylation is 2. The van der Waals surface area contributed by atoms with Gasteiger partial charge >= 0.3 is 6.09 Å². The van der Waals surface area contributed by atoms with Crippen LogP contribution in [-0.4, -0.2) is 25.3 Å². The molecule has 3 atom stereocenters. The van der Waals surface area contributed by atoms with E-state index in [4.69, 9.17) is 9.47 Å². The zero-order valence-corrected chi connectivity index (χ0v) is 17.8. The zero-order valence-electron chi connectivity index (χ0n) is 17.8. The van der Waals surface area contributed by atoms with Gasteiger partial charge in [-0.15, -0.1) is 0 Å². The summed E-state index contributed by atoms with van der Waals surface area (Å²) in [5, 5.41) is 3.06. The molecule has 1 N–H and O–H groups in total. The van der Waals surface area contributed by atoms with Crippen molar-refractivity contribution in [3.8, 4) is 5.75 Å². The van der Waals surface area contributed by atoms with Crippen LogP contribution in [0.3, 0.4) is 0 Å². The van der Waals surface area contributed by atoms with Crippen molar-refractivity contribution >= 4 is 6.09 Å². The lowest BCUT2D eigenvalue weighted by atomic mass is 9.79. The predicted octanol–water partition coefficient (Wildman–Crippen LogP) is 5.18. The third kappa shape index (κ3) is 3.80. The molecular weight excluding hydrogens is 374 g/mol. The lowest BCUT2D eigenvalue weighted by Gasteiger charge is -2.26. The number of fused-ring (bicyclic) bond motifs is 1. The first-order valence-electron chi connectivity index (χ1n) is 11.3. The molecule has 30 heavy (non-hydrogen) atoms. The Balaban J connectivity index is 1.22. The molecule has 2 fully saturated rings. The van der Waals surface area contributed by atoms with Gasteiger partial charge in [0.2, 0.25) is 0 Å². The molecule has 1 unspecified atom stereocenters. The summed E-state index contributed by atoms with van der Waals surface area (Å²) in [6.07, 6.45) is 8.83. The Hall–Kier alpha value is -2.49. The van der Waals surface area contributed by atoms with E-state index < -0.39 is 0 Å². The van der Waals surface area contributed by atoms with Crippen molar-refractivity contribution in [3.63, 3.8) is 0 Å². The zero-order chi connectivity index (χ0) is 20.6. The minimum Gasteiger partial charge on any atom is -0.496 e. The maximum absolute atomic E-state index is 11.5. The van der Waals surface area contributed by atoms with E-state index in [-0.39, 0.29) is 11.6 Å². The number of carbonyl (C=O) groups is 1. The number of cyclic esters (lactones) is 1. The van der Waals surface area contributed by atoms with E-state index in [0.717, 1.165) is 37.4 Å². The Kier molecular flexibility index (Phi) is 5.18. The summed E-state index contributed by atoms with van der Waals surface area (Å²) in [6.45, 7) is 0.529. The average molecular weight is 406 g/mol. The normalized spacial score (nSPS) is 27.6. The molecule has 1 heterocycles. The number of para-hydroxylation sites is 1. The average Bonchev–Trinajstić information content (AvgIpc) is 3.37. The number of benzene rings is 2. The number of rotatable bonds is 5. The Morgan fingerprint density at radius 3 is 2.90 bits per heavy atom. The highest BCUT2D eigenvalue weighted by molar-refractivity contribution is 5.70. The van der Waals surface area contributed by atoms with Gasteiger partial charge in [-0.3, -0.25) is 0 Å². The molecule has 1 saturated carbocycles. The van der Waals surface area contributed by atoms with E-state index >= 15 is 0 Å². The van der Waals surface area contributed by atoms with Gasteiger partial charge in [0.05, 0.1) is 12.6 Å². The molecule has 1 saturated heterocycles. The predicted molar refractivity (Wildman–Crippen MR) is 117 cm³/mol. The second kappa shape index (κ2) is 7.98. The van der Waals surface area contributed by atoms with Gasteiger partial charge in [-0.2, -0.15) is 0 Å². The highest BCUT2D eigenvalue weighted by Crippen LogP contribution is 2.43. The van der Waals surface area contributed by atoms with Gasteiger partial charge in [0.1, 0.15) is 12.4 Å². The Labute approximate surface area is 179 Å². The Morgan fingerprint density at radius 2 is 2.07 bits per heavy atom. The molecule has 0 aromatic heterocycles. The fraction of sp³-hybridized carbons (Fsp3) is 0.500. The summed E-state index contributed by atoms with van der Waals surface area (Å²) >= 11 is 0. The van der Waals surface area contributed by atoms with Crippen LogP contribution >= 0.6 is 0 Å². The van der Waals surface area contributed by atoms with E-state index in [1.807, 2.05) is 6.07 Å². The number of hydrogen-bond acceptors (Lipinski definition) is 3. The lowest BCUT2D eigenvalue weighted by Crippen LogP contribution is -2.40. The van der Waals surface area contributed by atoms with E-state index in [0.29, 0.717) is 12.5 Å². The van der Waals surface area contributed by atoms with Crippen molar-refractivity contribution in [2.75, 3.05) is 13.7 Å². The first-order valence-corrected chi connectivity index (χ1v) is 11.3. The van der Waals surface area contributed by atoms with Crippen molar-refractivity contribution < 1.29 is 14.3 Å². The molecule has 1 amide bonds. The quantitative estimate of drug-likeness (QED) is 0.746. The maximum Gasteiger partial charge on any atom is 0.407 e. The van der Waals surface area contributed by atoms with Crippen molar-refractivity contribution in [1.29, 1.82) is 0 Å². The molecule has 3 aliphatic rings. The number of alkyl carbamates (subject to hydrolysis) is 1. The molecule has 158 valence electrons. The van der Waals surface area contributed by atoms with Gasteiger partial charge in [0, 0.05) is 0 Å². The minimum atomic E-state index is -0.250. The van der Waals surface area contributed by atoms with Crippen LogP contribution in [0.25, 0.3) is 0 Å². The first kappa shape index (κ1) is 19.5. The number of amides is 1. The number of ether oxygens (including phenoxy) is 2. The van der Waals surface area contributed by atoms with Gasteiger partial charge in [-0.25, -0.2) is 4.79 Å². The van der Waals surface area contributed by atoms with Gasteiger partial charge in [0.15, 0.2) is 0 Å². The van der Waals surface area contributed by atoms with Crippen molar-refractivity contribution in [2.24, 2.45) is 5.92 Å². The van der Waals surface area contributed by atoms with Crippen LogP contribution < -0.4 is 10.1 Å². The summed E-state index contributed by atoms with van der Waals surface area (Å²) in [6, 6.07) is 15.5. The van der Waals surface area contributed by atoms with Crippen LogP contribution in [0.15, 0.2) is 42.5 Å². The van der Waals surface area contributed by atoms with Crippen LogP contribution in [0.1, 0.15) is 60.3 Å². The largest absolute Gasteiger partial charge is 0.496 e. The SMILES string of the molecule is COc1ccccc1CCC1CCc2cc([C@H]3CC[C@]4(COC(=O)N4)C3)ccc2C1. The minimum absolute atomic E-state index is 0.124. The van der Waals surface area contributed by atoms with E-state index in [9.17, 15) is 4.79 Å². The third-order valence-corrected chi connectivity index (χ3v) is 7.50. The Bertz CT molecular complexity index is 940. The molecule has 1 spiro atoms. The number of methoxy groups -OCH3 is 1. The topological polar surface area (TPSA) is 47.6 Å². The Morgan fingerprint density at radius 1 is 1.17 bits per heavy atom. The molecule has 5 rings (SSSR count). The summed E-state index contributed by atoms with van der Waals surface area (Å²) in [4.78, 5) is 11.5. The van der Waals surface area contributed by atoms with Gasteiger partial charge in [-0.1, -0.05) is 36.4 Å². The molecule has 4 heteroatoms. The van der Waals surface area contributed by atoms with Crippen molar-refractivity contribution in [1.82, 2.24) is 5.32 Å². The maximum atomic E-state index is 11.5. The molecule has 0 radical (unpaired) electrons. The monoisotopic (exact) mass is 405 g/mol. The molecule has 4 nitrogen and oxygen atoms in total. The lowest BCUT2D eigenvalue weighted by molar-refractivity contribution is 0.172. The second-order valence-corrected chi connectivity index (χ2v) is 9.41. The summed E-state index contributed by atoms with van der Waals surface area (Å²) in [7, 11) is 1.76. The van der Waals surface area contributed by atoms with Crippen molar-refractivity contribution in [3.05, 3.63) is 64.7 Å². The van der Waals surface area contributed by atoms with Crippen LogP contribution in [-0.2, 0) is 24.0 Å². The van der Waals surface area contributed by atoms with Gasteiger partial charge in [-0.05, 0) is 91.5 Å². The summed E-state index contributed by atoms with van der Waals surface area (Å²) in [5.41, 5.74) is 5.70. The molecule has 2 aliphatic carbocycles. The molecule has 1 aliphatic heterocycles. The number of carbonyl (C=O) groups excluding carboxylic acids is 1. The van der Waals surface area contributed by atoms with Crippen molar-refractivity contribution in [2.45, 2.75) is 62.8 Å². The highest BCUT2D eigenvalue weighted by atomic mass is 16.6. The van der Waals surface area contributed by atoms with Crippen LogP contribution in [0.5, 0.6) is 5.75 Å². The highest BCUT2D eigenvalue weighted by Gasteiger charge is 2.46. The first-order chi connectivity index (χ1) is 14.6. The van der Waals surface area contributed by atoms with E-state index in [2.05, 4.69) is 41.7 Å². The van der Waals surface area contributed by atoms with Crippen LogP contribution in [0.2, 0.25) is 0 Å². The summed E-state index contributed by atoms with van der Waals surface area (Å²) in [5.74, 6) is 2.28. The smallest absolute Gasteiger partial charge is 0.407 e. The second-order valence-electron chi connectivity index (χ2n) is 9.41. The van der Waals surface area contributed by atoms with Gasteiger partial charge < -0.3 is 14.8 Å². The van der Waals surface area contributed by atoms with E-state index in [1.165, 1.54) is 47.9 Å². The fourth-order valence-electron chi connectivity index (χ4n) is 5.77.